The highest BCUT2D eigenvalue weighted by atomic mass is 19.1. The van der Waals surface area contributed by atoms with Crippen molar-refractivity contribution in [1.29, 1.82) is 0 Å². The lowest BCUT2D eigenvalue weighted by molar-refractivity contribution is 0.204. The van der Waals surface area contributed by atoms with Gasteiger partial charge in [-0.15, -0.1) is 6.42 Å². The van der Waals surface area contributed by atoms with Crippen LogP contribution in [0, 0.1) is 24.1 Å². The van der Waals surface area contributed by atoms with E-state index in [1.807, 2.05) is 0 Å². The van der Waals surface area contributed by atoms with Crippen molar-refractivity contribution in [2.24, 2.45) is 5.92 Å². The van der Waals surface area contributed by atoms with Gasteiger partial charge in [0.25, 0.3) is 0 Å². The zero-order valence-electron chi connectivity index (χ0n) is 12.0. The summed E-state index contributed by atoms with van der Waals surface area (Å²) in [4.78, 5) is 11.9. The first-order valence-corrected chi connectivity index (χ1v) is 6.52. The molecule has 2 unspecified atom stereocenters. The van der Waals surface area contributed by atoms with E-state index in [2.05, 4.69) is 16.6 Å². The number of aliphatic hydroxyl groups excluding tert-OH is 1. The van der Waals surface area contributed by atoms with Crippen molar-refractivity contribution in [3.05, 3.63) is 24.0 Å². The summed E-state index contributed by atoms with van der Waals surface area (Å²) in [5, 5.41) is 14.2. The first-order chi connectivity index (χ1) is 9.97. The fourth-order valence-electron chi connectivity index (χ4n) is 1.51. The van der Waals surface area contributed by atoms with Gasteiger partial charge in [-0.25, -0.2) is 9.18 Å². The number of hydrogen-bond acceptors (Lipinski definition) is 3. The molecule has 1 aromatic carbocycles. The van der Waals surface area contributed by atoms with Crippen LogP contribution in [0.3, 0.4) is 0 Å². The van der Waals surface area contributed by atoms with Crippen LogP contribution in [-0.2, 0) is 0 Å². The summed E-state index contributed by atoms with van der Waals surface area (Å²) >= 11 is 0. The van der Waals surface area contributed by atoms with Gasteiger partial charge in [-0.2, -0.15) is 0 Å². The van der Waals surface area contributed by atoms with Gasteiger partial charge in [0, 0.05) is 18.7 Å². The molecule has 0 heterocycles. The number of hydrogen-bond donors (Lipinski definition) is 3. The Kier molecular flexibility index (Phi) is 6.50. The second-order valence-electron chi connectivity index (χ2n) is 4.68. The Labute approximate surface area is 123 Å². The van der Waals surface area contributed by atoms with Gasteiger partial charge in [-0.05, 0) is 25.0 Å². The fraction of sp³-hybridized carbons (Fsp3) is 0.400. The van der Waals surface area contributed by atoms with Gasteiger partial charge in [-0.3, -0.25) is 0 Å². The Bertz CT molecular complexity index is 528. The van der Waals surface area contributed by atoms with E-state index in [4.69, 9.17) is 16.3 Å². The molecule has 2 atom stereocenters. The van der Waals surface area contributed by atoms with Crippen LogP contribution < -0.4 is 15.4 Å². The molecule has 0 aromatic heterocycles. The van der Waals surface area contributed by atoms with E-state index in [1.54, 1.807) is 13.8 Å². The van der Waals surface area contributed by atoms with Crippen molar-refractivity contribution in [1.82, 2.24) is 5.32 Å². The third kappa shape index (κ3) is 5.32. The molecule has 0 aliphatic rings. The largest absolute Gasteiger partial charge is 0.479 e. The number of carbonyl (C=O) groups excluding carboxylic acids is 1. The molecule has 2 amide bonds. The van der Waals surface area contributed by atoms with Crippen LogP contribution in [0.1, 0.15) is 13.8 Å². The Morgan fingerprint density at radius 3 is 2.86 bits per heavy atom. The molecule has 0 saturated carbocycles. The summed E-state index contributed by atoms with van der Waals surface area (Å²) in [5.74, 6) is 1.98. The summed E-state index contributed by atoms with van der Waals surface area (Å²) in [5.41, 5.74) is 0.187. The molecule has 6 heteroatoms. The minimum atomic E-state index is -0.515. The first-order valence-electron chi connectivity index (χ1n) is 6.52. The van der Waals surface area contributed by atoms with Crippen LogP contribution in [-0.4, -0.2) is 30.4 Å². The van der Waals surface area contributed by atoms with E-state index in [0.717, 1.165) is 6.07 Å². The Morgan fingerprint density at radius 2 is 2.24 bits per heavy atom. The molecule has 3 N–H and O–H groups in total. The third-order valence-electron chi connectivity index (χ3n) is 3.00. The predicted octanol–water partition coefficient (Wildman–Crippen LogP) is 1.98. The average Bonchev–Trinajstić information content (AvgIpc) is 2.45. The van der Waals surface area contributed by atoms with Crippen molar-refractivity contribution >= 4 is 11.7 Å². The molecule has 21 heavy (non-hydrogen) atoms. The molecule has 0 fully saturated rings. The van der Waals surface area contributed by atoms with Gasteiger partial charge in [0.15, 0.2) is 0 Å². The van der Waals surface area contributed by atoms with Crippen molar-refractivity contribution in [3.63, 3.8) is 0 Å². The van der Waals surface area contributed by atoms with Crippen LogP contribution in [0.2, 0.25) is 0 Å². The SMILES string of the molecule is C#CCOc1ccc(F)cc1NC(=O)NC(C)C(C)CO. The number of anilines is 1. The number of urea groups is 1. The normalized spacial score (nSPS) is 12.9. The van der Waals surface area contributed by atoms with Crippen molar-refractivity contribution < 1.29 is 19.0 Å². The molecule has 0 bridgehead atoms. The maximum atomic E-state index is 13.3. The lowest BCUT2D eigenvalue weighted by atomic mass is 10.1. The molecule has 0 aliphatic carbocycles. The lowest BCUT2D eigenvalue weighted by Gasteiger charge is -2.20. The van der Waals surface area contributed by atoms with E-state index in [9.17, 15) is 9.18 Å². The Morgan fingerprint density at radius 1 is 1.52 bits per heavy atom. The van der Waals surface area contributed by atoms with Gasteiger partial charge < -0.3 is 20.5 Å². The van der Waals surface area contributed by atoms with Crippen molar-refractivity contribution in [2.75, 3.05) is 18.5 Å². The predicted molar refractivity (Wildman–Crippen MR) is 78.6 cm³/mol. The van der Waals surface area contributed by atoms with Crippen LogP contribution in [0.4, 0.5) is 14.9 Å². The van der Waals surface area contributed by atoms with E-state index < -0.39 is 11.8 Å². The molecule has 0 radical (unpaired) electrons. The van der Waals surface area contributed by atoms with Crippen molar-refractivity contribution in [3.8, 4) is 18.1 Å². The third-order valence-corrected chi connectivity index (χ3v) is 3.00. The Balaban J connectivity index is 2.74. The number of aliphatic hydroxyl groups is 1. The maximum Gasteiger partial charge on any atom is 0.319 e. The number of carbonyl (C=O) groups is 1. The van der Waals surface area contributed by atoms with Gasteiger partial charge in [0.05, 0.1) is 5.69 Å². The molecule has 1 rings (SSSR count). The Hall–Kier alpha value is -2.26. The van der Waals surface area contributed by atoms with Gasteiger partial charge in [-0.1, -0.05) is 12.8 Å². The summed E-state index contributed by atoms with van der Waals surface area (Å²) < 4.78 is 18.5. The van der Waals surface area contributed by atoms with Crippen LogP contribution in [0.5, 0.6) is 5.75 Å². The molecule has 0 saturated heterocycles. The van der Waals surface area contributed by atoms with E-state index in [-0.39, 0.29) is 36.6 Å². The van der Waals surface area contributed by atoms with Crippen LogP contribution in [0.15, 0.2) is 18.2 Å². The molecule has 5 nitrogen and oxygen atoms in total. The minimum absolute atomic E-state index is 0.0138. The molecular formula is C15H19FN2O3. The monoisotopic (exact) mass is 294 g/mol. The second kappa shape index (κ2) is 8.12. The number of rotatable bonds is 6. The number of benzene rings is 1. The number of halogens is 1. The zero-order valence-corrected chi connectivity index (χ0v) is 12.0. The number of nitrogens with one attached hydrogen (secondary N) is 2. The average molecular weight is 294 g/mol. The van der Waals surface area contributed by atoms with Gasteiger partial charge in [0.2, 0.25) is 0 Å². The zero-order chi connectivity index (χ0) is 15.8. The standard InChI is InChI=1S/C15H19FN2O3/c1-4-7-21-14-6-5-12(16)8-13(14)18-15(20)17-11(3)10(2)9-19/h1,5-6,8,10-11,19H,7,9H2,2-3H3,(H2,17,18,20). The van der Waals surface area contributed by atoms with E-state index >= 15 is 0 Å². The molecule has 114 valence electrons. The van der Waals surface area contributed by atoms with Crippen molar-refractivity contribution in [2.45, 2.75) is 19.9 Å². The fourth-order valence-corrected chi connectivity index (χ4v) is 1.51. The van der Waals surface area contributed by atoms with Crippen LogP contribution in [0.25, 0.3) is 0 Å². The maximum absolute atomic E-state index is 13.3. The number of terminal acetylenes is 1. The van der Waals surface area contributed by atoms with E-state index in [1.165, 1.54) is 12.1 Å². The molecular weight excluding hydrogens is 275 g/mol. The number of amides is 2. The molecule has 1 aromatic rings. The summed E-state index contributed by atoms with van der Waals surface area (Å²) in [6, 6.07) is 3.00. The van der Waals surface area contributed by atoms with Gasteiger partial charge in [0.1, 0.15) is 18.2 Å². The first kappa shape index (κ1) is 16.8. The highest BCUT2D eigenvalue weighted by molar-refractivity contribution is 5.91. The minimum Gasteiger partial charge on any atom is -0.479 e. The summed E-state index contributed by atoms with van der Waals surface area (Å²) in [6.07, 6.45) is 5.10. The summed E-state index contributed by atoms with van der Waals surface area (Å²) in [7, 11) is 0. The highest BCUT2D eigenvalue weighted by Gasteiger charge is 2.15. The topological polar surface area (TPSA) is 70.6 Å². The quantitative estimate of drug-likeness (QED) is 0.703. The highest BCUT2D eigenvalue weighted by Crippen LogP contribution is 2.25. The number of ether oxygens (including phenoxy) is 1. The van der Waals surface area contributed by atoms with Gasteiger partial charge >= 0.3 is 6.03 Å². The summed E-state index contributed by atoms with van der Waals surface area (Å²) in [6.45, 7) is 3.54. The molecule has 0 aliphatic heterocycles. The second-order valence-corrected chi connectivity index (χ2v) is 4.68. The molecule has 0 spiro atoms. The smallest absolute Gasteiger partial charge is 0.319 e. The van der Waals surface area contributed by atoms with Crippen LogP contribution >= 0.6 is 0 Å². The lowest BCUT2D eigenvalue weighted by Crippen LogP contribution is -2.40. The van der Waals surface area contributed by atoms with E-state index in [0.29, 0.717) is 0 Å².